The van der Waals surface area contributed by atoms with Crippen LogP contribution in [0.3, 0.4) is 0 Å². The molecule has 0 aliphatic carbocycles. The minimum absolute atomic E-state index is 0.184. The molecule has 0 bridgehead atoms. The van der Waals surface area contributed by atoms with Crippen molar-refractivity contribution >= 4 is 23.7 Å². The van der Waals surface area contributed by atoms with E-state index in [0.29, 0.717) is 43.2 Å². The number of ether oxygens (including phenoxy) is 2. The summed E-state index contributed by atoms with van der Waals surface area (Å²) < 4.78 is 48.0. The monoisotopic (exact) mass is 478 g/mol. The third-order valence-electron chi connectivity index (χ3n) is 6.17. The lowest BCUT2D eigenvalue weighted by molar-refractivity contribution is -0.200. The van der Waals surface area contributed by atoms with Gasteiger partial charge in [0.05, 0.1) is 0 Å². The Kier molecular flexibility index (Phi) is 7.44. The standard InChI is InChI=1S/C21H26ClF3N2O5/c1-14(21(23,24)25)32-19(30)26-9-6-20(7-10-26)5-2-8-27(20)12-15-3-4-16(22)11-17(15)31-13-18(28)29/h3-4,11,14H,2,5-10,12-13H2,1H3,(H,28,29). The van der Waals surface area contributed by atoms with Gasteiger partial charge in [-0.2, -0.15) is 13.2 Å². The SMILES string of the molecule is CC(OC(=O)N1CCC2(CCCN2Cc2ccc(Cl)cc2OCC(=O)O)CC1)C(F)(F)F. The molecule has 1 spiro atoms. The van der Waals surface area contributed by atoms with Crippen molar-refractivity contribution in [1.29, 1.82) is 0 Å². The molecule has 7 nitrogen and oxygen atoms in total. The Morgan fingerprint density at radius 3 is 2.53 bits per heavy atom. The van der Waals surface area contributed by atoms with Crippen LogP contribution in [-0.2, 0) is 16.1 Å². The highest BCUT2D eigenvalue weighted by Crippen LogP contribution is 2.40. The topological polar surface area (TPSA) is 79.3 Å². The van der Waals surface area contributed by atoms with Crippen LogP contribution in [0.1, 0.15) is 38.2 Å². The molecule has 1 aromatic rings. The lowest BCUT2D eigenvalue weighted by Crippen LogP contribution is -2.53. The molecule has 11 heteroatoms. The number of carboxylic acid groups (broad SMARTS) is 1. The van der Waals surface area contributed by atoms with E-state index < -0.39 is 30.9 Å². The normalized spacial score (nSPS) is 19.7. The number of alkyl halides is 3. The molecule has 0 radical (unpaired) electrons. The molecule has 1 N–H and O–H groups in total. The number of carbonyl (C=O) groups is 2. The van der Waals surface area contributed by atoms with Gasteiger partial charge in [-0.25, -0.2) is 9.59 Å². The number of halogens is 4. The van der Waals surface area contributed by atoms with Crippen LogP contribution in [0.15, 0.2) is 18.2 Å². The number of nitrogens with zero attached hydrogens (tertiary/aromatic N) is 2. The van der Waals surface area contributed by atoms with Gasteiger partial charge in [0.15, 0.2) is 12.7 Å². The molecule has 0 aromatic heterocycles. The van der Waals surface area contributed by atoms with Crippen LogP contribution in [0.5, 0.6) is 5.75 Å². The number of benzene rings is 1. The van der Waals surface area contributed by atoms with Crippen molar-refractivity contribution in [2.24, 2.45) is 0 Å². The van der Waals surface area contributed by atoms with Crippen molar-refractivity contribution in [3.63, 3.8) is 0 Å². The number of hydrogen-bond donors (Lipinski definition) is 1. The number of piperidine rings is 1. The quantitative estimate of drug-likeness (QED) is 0.656. The van der Waals surface area contributed by atoms with E-state index in [0.717, 1.165) is 31.9 Å². The second-order valence-electron chi connectivity index (χ2n) is 8.24. The van der Waals surface area contributed by atoms with E-state index >= 15 is 0 Å². The van der Waals surface area contributed by atoms with Gasteiger partial charge in [0.1, 0.15) is 5.75 Å². The van der Waals surface area contributed by atoms with Gasteiger partial charge >= 0.3 is 18.2 Å². The van der Waals surface area contributed by atoms with Crippen molar-refractivity contribution in [2.45, 2.75) is 57.0 Å². The molecule has 3 rings (SSSR count). The van der Waals surface area contributed by atoms with Gasteiger partial charge in [0.2, 0.25) is 0 Å². The first-order valence-electron chi connectivity index (χ1n) is 10.4. The number of carboxylic acids is 1. The van der Waals surface area contributed by atoms with Gasteiger partial charge in [-0.3, -0.25) is 4.90 Å². The summed E-state index contributed by atoms with van der Waals surface area (Å²) in [5, 5.41) is 9.35. The summed E-state index contributed by atoms with van der Waals surface area (Å²) in [6.45, 7) is 2.29. The molecule has 0 saturated carbocycles. The molecule has 2 fully saturated rings. The molecule has 1 amide bonds. The first-order valence-corrected chi connectivity index (χ1v) is 10.8. The molecule has 2 aliphatic rings. The molecule has 1 unspecified atom stereocenters. The number of hydrogen-bond acceptors (Lipinski definition) is 5. The van der Waals surface area contributed by atoms with Gasteiger partial charge in [0.25, 0.3) is 0 Å². The molecule has 1 aromatic carbocycles. The largest absolute Gasteiger partial charge is 0.482 e. The van der Waals surface area contributed by atoms with E-state index in [9.17, 15) is 22.8 Å². The predicted molar refractivity (Wildman–Crippen MR) is 110 cm³/mol. The number of amides is 1. The van der Waals surface area contributed by atoms with Crippen LogP contribution in [0.2, 0.25) is 5.02 Å². The first-order chi connectivity index (χ1) is 15.0. The summed E-state index contributed by atoms with van der Waals surface area (Å²) >= 11 is 6.04. The Bertz CT molecular complexity index is 843. The Balaban J connectivity index is 1.64. The Hall–Kier alpha value is -2.20. The van der Waals surface area contributed by atoms with Crippen LogP contribution in [0.25, 0.3) is 0 Å². The summed E-state index contributed by atoms with van der Waals surface area (Å²) in [6, 6.07) is 5.10. The number of carbonyl (C=O) groups excluding carboxylic acids is 1. The molecular formula is C21H26ClF3N2O5. The van der Waals surface area contributed by atoms with Crippen molar-refractivity contribution in [1.82, 2.24) is 9.80 Å². The van der Waals surface area contributed by atoms with Crippen LogP contribution >= 0.6 is 11.6 Å². The number of aliphatic carboxylic acids is 1. The first kappa shape index (κ1) is 24.4. The zero-order valence-electron chi connectivity index (χ0n) is 17.7. The fraction of sp³-hybridized carbons (Fsp3) is 0.619. The molecule has 1 atom stereocenters. The third-order valence-corrected chi connectivity index (χ3v) is 6.41. The summed E-state index contributed by atoms with van der Waals surface area (Å²) in [7, 11) is 0. The van der Waals surface area contributed by atoms with Gasteiger partial charge in [-0.1, -0.05) is 17.7 Å². The Labute approximate surface area is 189 Å². The van der Waals surface area contributed by atoms with E-state index in [1.807, 2.05) is 0 Å². The maximum atomic E-state index is 12.7. The van der Waals surface area contributed by atoms with Gasteiger partial charge in [0, 0.05) is 35.8 Å². The maximum Gasteiger partial charge on any atom is 0.425 e. The van der Waals surface area contributed by atoms with Crippen LogP contribution in [0.4, 0.5) is 18.0 Å². The summed E-state index contributed by atoms with van der Waals surface area (Å²) in [6.07, 6.45) is -4.60. The van der Waals surface area contributed by atoms with Gasteiger partial charge in [-0.15, -0.1) is 0 Å². The maximum absolute atomic E-state index is 12.7. The zero-order valence-corrected chi connectivity index (χ0v) is 18.4. The molecule has 2 aliphatic heterocycles. The number of rotatable bonds is 6. The molecule has 2 saturated heterocycles. The van der Waals surface area contributed by atoms with Crippen LogP contribution < -0.4 is 4.74 Å². The van der Waals surface area contributed by atoms with Crippen LogP contribution in [0, 0.1) is 0 Å². The molecular weight excluding hydrogens is 453 g/mol. The second kappa shape index (κ2) is 9.74. The van der Waals surface area contributed by atoms with Crippen molar-refractivity contribution in [2.75, 3.05) is 26.2 Å². The van der Waals surface area contributed by atoms with E-state index in [-0.39, 0.29) is 5.54 Å². The highest BCUT2D eigenvalue weighted by Gasteiger charge is 2.45. The fourth-order valence-electron chi connectivity index (χ4n) is 4.34. The lowest BCUT2D eigenvalue weighted by atomic mass is 9.85. The molecule has 2 heterocycles. The number of likely N-dealkylation sites (tertiary alicyclic amines) is 2. The summed E-state index contributed by atoms with van der Waals surface area (Å²) in [4.78, 5) is 26.6. The molecule has 178 valence electrons. The zero-order chi connectivity index (χ0) is 23.5. The third kappa shape index (κ3) is 5.78. The molecule has 32 heavy (non-hydrogen) atoms. The van der Waals surface area contributed by atoms with E-state index in [1.165, 1.54) is 4.90 Å². The highest BCUT2D eigenvalue weighted by molar-refractivity contribution is 6.30. The van der Waals surface area contributed by atoms with Crippen molar-refractivity contribution < 1.29 is 37.3 Å². The summed E-state index contributed by atoms with van der Waals surface area (Å²) in [5.74, 6) is -0.684. The smallest absolute Gasteiger partial charge is 0.425 e. The van der Waals surface area contributed by atoms with E-state index in [1.54, 1.807) is 18.2 Å². The average Bonchev–Trinajstić information content (AvgIpc) is 3.09. The van der Waals surface area contributed by atoms with Crippen molar-refractivity contribution in [3.8, 4) is 5.75 Å². The van der Waals surface area contributed by atoms with Gasteiger partial charge in [-0.05, 0) is 51.3 Å². The minimum atomic E-state index is -4.59. The van der Waals surface area contributed by atoms with E-state index in [4.69, 9.17) is 21.4 Å². The minimum Gasteiger partial charge on any atom is -0.482 e. The fourth-order valence-corrected chi connectivity index (χ4v) is 4.51. The average molecular weight is 479 g/mol. The van der Waals surface area contributed by atoms with Crippen LogP contribution in [-0.4, -0.2) is 71.0 Å². The lowest BCUT2D eigenvalue weighted by Gasteiger charge is -2.45. The van der Waals surface area contributed by atoms with Gasteiger partial charge < -0.3 is 19.5 Å². The highest BCUT2D eigenvalue weighted by atomic mass is 35.5. The summed E-state index contributed by atoms with van der Waals surface area (Å²) in [5.41, 5.74) is 0.619. The van der Waals surface area contributed by atoms with Crippen molar-refractivity contribution in [3.05, 3.63) is 28.8 Å². The predicted octanol–water partition coefficient (Wildman–Crippen LogP) is 4.32. The Morgan fingerprint density at radius 2 is 1.91 bits per heavy atom. The van der Waals surface area contributed by atoms with E-state index in [2.05, 4.69) is 9.64 Å². The Morgan fingerprint density at radius 1 is 1.22 bits per heavy atom. The second-order valence-corrected chi connectivity index (χ2v) is 8.67.